The highest BCUT2D eigenvalue weighted by Gasteiger charge is 2.12. The Morgan fingerprint density at radius 1 is 1.18 bits per heavy atom. The summed E-state index contributed by atoms with van der Waals surface area (Å²) in [4.78, 5) is 24.2. The number of fused-ring (bicyclic) bond motifs is 2. The summed E-state index contributed by atoms with van der Waals surface area (Å²) in [5, 5.41) is 3.60. The van der Waals surface area contributed by atoms with Gasteiger partial charge in [0.2, 0.25) is 11.6 Å². The van der Waals surface area contributed by atoms with Crippen LogP contribution in [0.4, 0.5) is 5.69 Å². The number of hydrogen-bond donors (Lipinski definition) is 1. The van der Waals surface area contributed by atoms with Gasteiger partial charge in [-0.3, -0.25) is 4.79 Å². The molecule has 6 heteroatoms. The highest BCUT2D eigenvalue weighted by atomic mass is 79.9. The van der Waals surface area contributed by atoms with E-state index in [2.05, 4.69) is 17.2 Å². The topological polar surface area (TPSA) is 63.2 Å². The van der Waals surface area contributed by atoms with Gasteiger partial charge in [-0.2, -0.15) is 0 Å². The van der Waals surface area contributed by atoms with Crippen LogP contribution in [0.5, 0.6) is 0 Å². The Balaban J connectivity index is 0.00000225. The van der Waals surface area contributed by atoms with Crippen molar-refractivity contribution in [1.29, 1.82) is 0 Å². The highest BCUT2D eigenvalue weighted by molar-refractivity contribution is 5.96. The molecule has 5 nitrogen and oxygen atoms in total. The number of aromatic nitrogens is 1. The molecule has 4 rings (SSSR count). The SMILES string of the molecule is C[n+]1ccccc1/C=C/c1cc2cc3c(cc2oc1=O)C#CCCC(=O)N3.[Br-]. The maximum atomic E-state index is 12.4. The van der Waals surface area contributed by atoms with Crippen molar-refractivity contribution in [1.82, 2.24) is 0 Å². The van der Waals surface area contributed by atoms with Gasteiger partial charge in [-0.05, 0) is 30.3 Å². The van der Waals surface area contributed by atoms with E-state index in [0.717, 1.165) is 11.1 Å². The zero-order chi connectivity index (χ0) is 18.8. The van der Waals surface area contributed by atoms with Crippen LogP contribution in [0.25, 0.3) is 23.1 Å². The molecule has 0 aliphatic carbocycles. The molecule has 0 unspecified atom stereocenters. The van der Waals surface area contributed by atoms with Gasteiger partial charge in [-0.15, -0.1) is 0 Å². The number of amides is 1. The minimum absolute atomic E-state index is 0. The Kier molecular flexibility index (Phi) is 5.76. The highest BCUT2D eigenvalue weighted by Crippen LogP contribution is 2.25. The van der Waals surface area contributed by atoms with E-state index in [1.165, 1.54) is 0 Å². The van der Waals surface area contributed by atoms with Gasteiger partial charge in [0.25, 0.3) is 0 Å². The minimum Gasteiger partial charge on any atom is -1.00 e. The predicted octanol–water partition coefficient (Wildman–Crippen LogP) is -0.124. The Morgan fingerprint density at radius 2 is 2.04 bits per heavy atom. The quantitative estimate of drug-likeness (QED) is 0.346. The lowest BCUT2D eigenvalue weighted by Crippen LogP contribution is -3.00. The van der Waals surface area contributed by atoms with E-state index in [0.29, 0.717) is 35.2 Å². The van der Waals surface area contributed by atoms with Gasteiger partial charge in [0.05, 0.1) is 16.8 Å². The summed E-state index contributed by atoms with van der Waals surface area (Å²) in [5.74, 6) is 5.91. The third-order valence-electron chi connectivity index (χ3n) is 4.40. The number of nitrogens with one attached hydrogen (secondary N) is 1. The van der Waals surface area contributed by atoms with Crippen LogP contribution in [0, 0.1) is 11.8 Å². The summed E-state index contributed by atoms with van der Waals surface area (Å²) in [6.07, 6.45) is 6.41. The Morgan fingerprint density at radius 3 is 2.86 bits per heavy atom. The molecule has 1 N–H and O–H groups in total. The second-order valence-electron chi connectivity index (χ2n) is 6.34. The average molecular weight is 437 g/mol. The first-order valence-electron chi connectivity index (χ1n) is 8.63. The molecule has 28 heavy (non-hydrogen) atoms. The molecule has 1 amide bonds. The Hall–Kier alpha value is -3.17. The molecule has 3 aromatic rings. The number of hydrogen-bond acceptors (Lipinski definition) is 3. The maximum Gasteiger partial charge on any atom is 0.343 e. The van der Waals surface area contributed by atoms with Crippen molar-refractivity contribution in [3.8, 4) is 11.8 Å². The van der Waals surface area contributed by atoms with Crippen molar-refractivity contribution in [3.63, 3.8) is 0 Å². The van der Waals surface area contributed by atoms with E-state index in [-0.39, 0.29) is 22.9 Å². The van der Waals surface area contributed by atoms with Gasteiger partial charge >= 0.3 is 5.63 Å². The summed E-state index contributed by atoms with van der Waals surface area (Å²) in [5.41, 5.74) is 2.72. The number of nitrogens with zero attached hydrogens (tertiary/aromatic N) is 1. The zero-order valence-electron chi connectivity index (χ0n) is 15.2. The molecule has 0 bridgehead atoms. The lowest BCUT2D eigenvalue weighted by Gasteiger charge is -2.10. The predicted molar refractivity (Wildman–Crippen MR) is 104 cm³/mol. The van der Waals surface area contributed by atoms with Gasteiger partial charge in [-0.1, -0.05) is 11.8 Å². The number of carbonyl (C=O) groups is 1. The normalized spacial score (nSPS) is 13.0. The Bertz CT molecular complexity index is 1220. The van der Waals surface area contributed by atoms with E-state index in [1.807, 2.05) is 42.1 Å². The molecule has 0 saturated heterocycles. The van der Waals surface area contributed by atoms with Crippen molar-refractivity contribution >= 4 is 34.7 Å². The van der Waals surface area contributed by atoms with Crippen LogP contribution < -0.4 is 32.5 Å². The van der Waals surface area contributed by atoms with Gasteiger partial charge < -0.3 is 26.7 Å². The zero-order valence-corrected chi connectivity index (χ0v) is 16.7. The van der Waals surface area contributed by atoms with Gasteiger partial charge in [0.1, 0.15) is 12.6 Å². The maximum absolute atomic E-state index is 12.4. The molecule has 0 saturated carbocycles. The number of pyridine rings is 1. The number of benzene rings is 1. The summed E-state index contributed by atoms with van der Waals surface area (Å²) in [7, 11) is 1.93. The molecule has 1 aliphatic rings. The van der Waals surface area contributed by atoms with Crippen LogP contribution in [0.1, 0.15) is 29.7 Å². The molecule has 1 aliphatic heterocycles. The summed E-state index contributed by atoms with van der Waals surface area (Å²) >= 11 is 0. The van der Waals surface area contributed by atoms with Crippen LogP contribution in [-0.4, -0.2) is 5.91 Å². The van der Waals surface area contributed by atoms with Crippen molar-refractivity contribution in [3.05, 3.63) is 69.8 Å². The van der Waals surface area contributed by atoms with Crippen molar-refractivity contribution in [2.45, 2.75) is 12.8 Å². The first-order chi connectivity index (χ1) is 13.1. The van der Waals surface area contributed by atoms with Crippen molar-refractivity contribution < 1.29 is 30.8 Å². The fraction of sp³-hybridized carbons (Fsp3) is 0.136. The van der Waals surface area contributed by atoms with E-state index in [9.17, 15) is 9.59 Å². The summed E-state index contributed by atoms with van der Waals surface area (Å²) in [6, 6.07) is 11.1. The minimum atomic E-state index is -0.417. The van der Waals surface area contributed by atoms with Crippen LogP contribution in [0.2, 0.25) is 0 Å². The molecule has 1 aromatic carbocycles. The second kappa shape index (κ2) is 8.24. The summed E-state index contributed by atoms with van der Waals surface area (Å²) in [6.45, 7) is 0. The summed E-state index contributed by atoms with van der Waals surface area (Å²) < 4.78 is 7.44. The number of rotatable bonds is 2. The van der Waals surface area contributed by atoms with Gasteiger partial charge in [-0.25, -0.2) is 9.36 Å². The number of anilines is 1. The third kappa shape index (κ3) is 4.05. The fourth-order valence-electron chi connectivity index (χ4n) is 2.94. The number of carbonyl (C=O) groups excluding carboxylic acids is 1. The van der Waals surface area contributed by atoms with Crippen LogP contribution in [0.15, 0.2) is 51.8 Å². The molecular weight excluding hydrogens is 420 g/mol. The monoisotopic (exact) mass is 436 g/mol. The number of halogens is 1. The molecule has 2 aromatic heterocycles. The smallest absolute Gasteiger partial charge is 0.343 e. The van der Waals surface area contributed by atoms with Crippen molar-refractivity contribution in [2.75, 3.05) is 5.32 Å². The van der Waals surface area contributed by atoms with Crippen LogP contribution in [0.3, 0.4) is 0 Å². The molecule has 0 radical (unpaired) electrons. The first-order valence-corrected chi connectivity index (χ1v) is 8.63. The standard InChI is InChI=1S/C22H16N2O3.BrH/c1-24-11-5-4-7-18(24)10-9-16-12-17-13-19-15(14-20(17)27-22(16)26)6-2-3-8-21(25)23-19;/h4-5,7,9-14H,3,8H2,1H3;1H/b10-9+;. The third-order valence-corrected chi connectivity index (χ3v) is 4.40. The largest absolute Gasteiger partial charge is 1.00 e. The van der Waals surface area contributed by atoms with Crippen molar-refractivity contribution in [2.24, 2.45) is 7.05 Å². The molecule has 0 spiro atoms. The van der Waals surface area contributed by atoms with E-state index >= 15 is 0 Å². The van der Waals surface area contributed by atoms with Crippen LogP contribution in [-0.2, 0) is 11.8 Å². The molecule has 140 valence electrons. The van der Waals surface area contributed by atoms with Gasteiger partial charge in [0.15, 0.2) is 6.20 Å². The first kappa shape index (κ1) is 19.6. The lowest BCUT2D eigenvalue weighted by molar-refractivity contribution is -0.673. The van der Waals surface area contributed by atoms with E-state index < -0.39 is 5.63 Å². The van der Waals surface area contributed by atoms with E-state index in [4.69, 9.17) is 4.42 Å². The molecular formula is C22H17BrN2O3. The molecule has 0 atom stereocenters. The number of aryl methyl sites for hydroxylation is 1. The van der Waals surface area contributed by atoms with E-state index in [1.54, 1.807) is 24.3 Å². The average Bonchev–Trinajstić information content (AvgIpc) is 2.64. The second-order valence-corrected chi connectivity index (χ2v) is 6.34. The van der Waals surface area contributed by atoms with Crippen LogP contribution >= 0.6 is 0 Å². The molecule has 3 heterocycles. The lowest BCUT2D eigenvalue weighted by atomic mass is 10.1. The fourth-order valence-corrected chi connectivity index (χ4v) is 2.94. The molecule has 0 fully saturated rings. The van der Waals surface area contributed by atoms with Gasteiger partial charge in [0, 0.05) is 36.4 Å². The Labute approximate surface area is 172 Å².